The van der Waals surface area contributed by atoms with Crippen LogP contribution in [0.15, 0.2) is 24.3 Å². The molecule has 0 fully saturated rings. The van der Waals surface area contributed by atoms with Crippen LogP contribution >= 0.6 is 0 Å². The van der Waals surface area contributed by atoms with Gasteiger partial charge in [0.25, 0.3) is 0 Å². The van der Waals surface area contributed by atoms with Crippen molar-refractivity contribution in [3.8, 4) is 0 Å². The predicted octanol–water partition coefficient (Wildman–Crippen LogP) is 1.17. The lowest BCUT2D eigenvalue weighted by Gasteiger charge is -2.28. The lowest BCUT2D eigenvalue weighted by atomic mass is 10.2. The number of nitrogens with zero attached hydrogens (tertiary/aromatic N) is 1. The van der Waals surface area contributed by atoms with Gasteiger partial charge in [-0.1, -0.05) is 12.1 Å². The highest BCUT2D eigenvalue weighted by Gasteiger charge is 2.25. The molecule has 0 bridgehead atoms. The van der Waals surface area contributed by atoms with Crippen LogP contribution < -0.4 is 15.5 Å². The molecular formula is C11H13N3O2. The Morgan fingerprint density at radius 1 is 1.50 bits per heavy atom. The van der Waals surface area contributed by atoms with Gasteiger partial charge in [-0.05, 0) is 19.1 Å². The third kappa shape index (κ3) is 1.84. The number of carbonyl (C=O) groups excluding carboxylic acids is 2. The van der Waals surface area contributed by atoms with Crippen molar-refractivity contribution in [2.75, 3.05) is 23.3 Å². The monoisotopic (exact) mass is 219 g/mol. The molecule has 1 aliphatic heterocycles. The predicted molar refractivity (Wildman–Crippen MR) is 61.5 cm³/mol. The van der Waals surface area contributed by atoms with Crippen molar-refractivity contribution in [1.82, 2.24) is 5.32 Å². The zero-order valence-electron chi connectivity index (χ0n) is 8.99. The van der Waals surface area contributed by atoms with Crippen LogP contribution in [0.5, 0.6) is 0 Å². The van der Waals surface area contributed by atoms with Gasteiger partial charge >= 0.3 is 6.03 Å². The largest absolute Gasteiger partial charge is 0.338 e. The molecule has 1 aliphatic rings. The fourth-order valence-electron chi connectivity index (χ4n) is 1.66. The van der Waals surface area contributed by atoms with Gasteiger partial charge in [-0.2, -0.15) is 0 Å². The van der Waals surface area contributed by atoms with E-state index in [-0.39, 0.29) is 18.5 Å². The fourth-order valence-corrected chi connectivity index (χ4v) is 1.66. The lowest BCUT2D eigenvalue weighted by molar-refractivity contribution is -0.115. The Balaban J connectivity index is 2.33. The molecule has 0 spiro atoms. The van der Waals surface area contributed by atoms with Gasteiger partial charge in [0.2, 0.25) is 5.91 Å². The van der Waals surface area contributed by atoms with Gasteiger partial charge in [0, 0.05) is 6.54 Å². The van der Waals surface area contributed by atoms with Crippen molar-refractivity contribution in [1.29, 1.82) is 0 Å². The van der Waals surface area contributed by atoms with Crippen LogP contribution in [0.1, 0.15) is 6.92 Å². The van der Waals surface area contributed by atoms with Crippen molar-refractivity contribution >= 4 is 23.3 Å². The summed E-state index contributed by atoms with van der Waals surface area (Å²) in [4.78, 5) is 24.6. The Bertz CT molecular complexity index is 431. The molecule has 2 rings (SSSR count). The molecule has 1 heterocycles. The quantitative estimate of drug-likeness (QED) is 0.745. The first-order valence-electron chi connectivity index (χ1n) is 5.16. The SMILES string of the molecule is CCNC(=O)N1CC(=O)Nc2ccccc21. The number of nitrogens with one attached hydrogen (secondary N) is 2. The van der Waals surface area contributed by atoms with E-state index in [2.05, 4.69) is 10.6 Å². The van der Waals surface area contributed by atoms with E-state index in [1.165, 1.54) is 4.90 Å². The summed E-state index contributed by atoms with van der Waals surface area (Å²) in [5.41, 5.74) is 1.40. The first kappa shape index (κ1) is 10.5. The van der Waals surface area contributed by atoms with Crippen molar-refractivity contribution in [3.63, 3.8) is 0 Å². The molecule has 0 aliphatic carbocycles. The summed E-state index contributed by atoms with van der Waals surface area (Å²) in [6.45, 7) is 2.44. The minimum absolute atomic E-state index is 0.0584. The van der Waals surface area contributed by atoms with Gasteiger partial charge in [-0.3, -0.25) is 9.69 Å². The molecule has 5 heteroatoms. The third-order valence-electron chi connectivity index (χ3n) is 2.34. The maximum Gasteiger partial charge on any atom is 0.322 e. The zero-order valence-corrected chi connectivity index (χ0v) is 8.99. The number of rotatable bonds is 1. The Morgan fingerprint density at radius 2 is 2.25 bits per heavy atom. The zero-order chi connectivity index (χ0) is 11.5. The maximum absolute atomic E-state index is 11.7. The molecule has 0 atom stereocenters. The standard InChI is InChI=1S/C11H13N3O2/c1-2-12-11(16)14-7-10(15)13-8-5-3-4-6-9(8)14/h3-6H,2,7H2,1H3,(H,12,16)(H,13,15). The number of anilines is 2. The van der Waals surface area contributed by atoms with Crippen molar-refractivity contribution in [2.24, 2.45) is 0 Å². The van der Waals surface area contributed by atoms with Gasteiger partial charge in [0.1, 0.15) is 6.54 Å². The summed E-state index contributed by atoms with van der Waals surface area (Å²) < 4.78 is 0. The summed E-state index contributed by atoms with van der Waals surface area (Å²) >= 11 is 0. The van der Waals surface area contributed by atoms with E-state index in [0.29, 0.717) is 12.2 Å². The second-order valence-electron chi connectivity index (χ2n) is 3.49. The summed E-state index contributed by atoms with van der Waals surface area (Å²) in [6, 6.07) is 7.00. The van der Waals surface area contributed by atoms with Crippen LogP contribution in [0.4, 0.5) is 16.2 Å². The highest BCUT2D eigenvalue weighted by molar-refractivity contribution is 6.09. The van der Waals surface area contributed by atoms with E-state index < -0.39 is 0 Å². The highest BCUT2D eigenvalue weighted by atomic mass is 16.2. The van der Waals surface area contributed by atoms with Crippen LogP contribution in [-0.4, -0.2) is 25.0 Å². The molecule has 16 heavy (non-hydrogen) atoms. The summed E-state index contributed by atoms with van der Waals surface area (Å²) in [5.74, 6) is -0.176. The van der Waals surface area contributed by atoms with Gasteiger partial charge in [0.05, 0.1) is 11.4 Å². The number of benzene rings is 1. The Labute approximate surface area is 93.4 Å². The van der Waals surface area contributed by atoms with Crippen LogP contribution in [0.25, 0.3) is 0 Å². The van der Waals surface area contributed by atoms with Gasteiger partial charge in [-0.25, -0.2) is 4.79 Å². The van der Waals surface area contributed by atoms with Crippen molar-refractivity contribution < 1.29 is 9.59 Å². The third-order valence-corrected chi connectivity index (χ3v) is 2.34. The molecule has 0 saturated heterocycles. The van der Waals surface area contributed by atoms with Crippen LogP contribution in [0.3, 0.4) is 0 Å². The first-order valence-corrected chi connectivity index (χ1v) is 5.16. The number of carbonyl (C=O) groups is 2. The fraction of sp³-hybridized carbons (Fsp3) is 0.273. The first-order chi connectivity index (χ1) is 7.72. The molecule has 0 aromatic heterocycles. The molecule has 0 saturated carbocycles. The molecule has 0 radical (unpaired) electrons. The van der Waals surface area contributed by atoms with Crippen LogP contribution in [0, 0.1) is 0 Å². The minimum atomic E-state index is -0.246. The minimum Gasteiger partial charge on any atom is -0.338 e. The molecule has 2 N–H and O–H groups in total. The summed E-state index contributed by atoms with van der Waals surface area (Å²) in [5, 5.41) is 5.41. The summed E-state index contributed by atoms with van der Waals surface area (Å²) in [6.07, 6.45) is 0. The van der Waals surface area contributed by atoms with Gasteiger partial charge < -0.3 is 10.6 Å². The molecule has 1 aromatic rings. The molecular weight excluding hydrogens is 206 g/mol. The Morgan fingerprint density at radius 3 is 3.00 bits per heavy atom. The Kier molecular flexibility index (Phi) is 2.76. The number of hydrogen-bond acceptors (Lipinski definition) is 2. The van der Waals surface area contributed by atoms with E-state index in [1.807, 2.05) is 25.1 Å². The number of para-hydroxylation sites is 2. The van der Waals surface area contributed by atoms with Crippen LogP contribution in [-0.2, 0) is 4.79 Å². The van der Waals surface area contributed by atoms with Gasteiger partial charge in [-0.15, -0.1) is 0 Å². The topological polar surface area (TPSA) is 61.4 Å². The normalized spacial score (nSPS) is 14.1. The lowest BCUT2D eigenvalue weighted by Crippen LogP contribution is -2.47. The van der Waals surface area contributed by atoms with Crippen molar-refractivity contribution in [2.45, 2.75) is 6.92 Å². The molecule has 84 valence electrons. The molecule has 3 amide bonds. The highest BCUT2D eigenvalue weighted by Crippen LogP contribution is 2.28. The molecule has 0 unspecified atom stereocenters. The number of amides is 3. The van der Waals surface area contributed by atoms with Gasteiger partial charge in [0.15, 0.2) is 0 Å². The van der Waals surface area contributed by atoms with E-state index in [9.17, 15) is 9.59 Å². The summed E-state index contributed by atoms with van der Waals surface area (Å²) in [7, 11) is 0. The molecule has 5 nitrogen and oxygen atoms in total. The van der Waals surface area contributed by atoms with E-state index in [4.69, 9.17) is 0 Å². The second kappa shape index (κ2) is 4.22. The van der Waals surface area contributed by atoms with Crippen LogP contribution in [0.2, 0.25) is 0 Å². The number of urea groups is 1. The van der Waals surface area contributed by atoms with E-state index in [1.54, 1.807) is 6.07 Å². The number of hydrogen-bond donors (Lipinski definition) is 2. The average Bonchev–Trinajstić information content (AvgIpc) is 2.28. The Hall–Kier alpha value is -2.04. The van der Waals surface area contributed by atoms with E-state index in [0.717, 1.165) is 5.69 Å². The number of fused-ring (bicyclic) bond motifs is 1. The average molecular weight is 219 g/mol. The smallest absolute Gasteiger partial charge is 0.322 e. The second-order valence-corrected chi connectivity index (χ2v) is 3.49. The molecule has 1 aromatic carbocycles. The maximum atomic E-state index is 11.7. The van der Waals surface area contributed by atoms with E-state index >= 15 is 0 Å². The van der Waals surface area contributed by atoms with Crippen molar-refractivity contribution in [3.05, 3.63) is 24.3 Å².